The van der Waals surface area contributed by atoms with Crippen LogP contribution in [0.15, 0.2) is 53.0 Å². The molecule has 0 radical (unpaired) electrons. The van der Waals surface area contributed by atoms with Gasteiger partial charge in [-0.15, -0.1) is 0 Å². The van der Waals surface area contributed by atoms with Crippen LogP contribution in [0.4, 0.5) is 5.69 Å². The molecule has 1 aliphatic heterocycles. The first-order valence-electron chi connectivity index (χ1n) is 9.69. The van der Waals surface area contributed by atoms with Crippen molar-refractivity contribution in [1.82, 2.24) is 0 Å². The van der Waals surface area contributed by atoms with Crippen molar-refractivity contribution < 1.29 is 18.9 Å². The summed E-state index contributed by atoms with van der Waals surface area (Å²) in [6, 6.07) is 15.1. The summed E-state index contributed by atoms with van der Waals surface area (Å²) < 4.78 is 23.5. The van der Waals surface area contributed by atoms with Crippen LogP contribution < -0.4 is 24.3 Å². The van der Waals surface area contributed by atoms with Crippen LogP contribution in [0.1, 0.15) is 18.1 Å². The Bertz CT molecular complexity index is 1090. The second-order valence-electron chi connectivity index (χ2n) is 6.78. The third-order valence-corrected chi connectivity index (χ3v) is 6.12. The lowest BCUT2D eigenvalue weighted by atomic mass is 10.2. The minimum Gasteiger partial charge on any atom is -0.490 e. The highest BCUT2D eigenvalue weighted by molar-refractivity contribution is 9.10. The number of hydrogen-bond donors (Lipinski definition) is 1. The Balaban J connectivity index is 1.47. The molecule has 1 aliphatic rings. The highest BCUT2D eigenvalue weighted by atomic mass is 79.9. The third kappa shape index (κ3) is 5.32. The number of anilines is 1. The molecule has 0 spiro atoms. The molecule has 1 heterocycles. The smallest absolute Gasteiger partial charge is 0.231 e. The predicted octanol–water partition coefficient (Wildman–Crippen LogP) is 7.07. The number of halogens is 3. The van der Waals surface area contributed by atoms with Gasteiger partial charge in [0.25, 0.3) is 0 Å². The van der Waals surface area contributed by atoms with E-state index in [4.69, 9.17) is 42.1 Å². The maximum absolute atomic E-state index is 6.10. The van der Waals surface area contributed by atoms with E-state index >= 15 is 0 Å². The number of nitrogens with one attached hydrogen (secondary N) is 1. The van der Waals surface area contributed by atoms with Gasteiger partial charge in [-0.25, -0.2) is 0 Å². The molecular formula is C23H20BrCl2NO4. The Kier molecular flexibility index (Phi) is 7.00. The Hall–Kier alpha value is -2.28. The SMILES string of the molecule is CCOc1cc(CNc2ccc3c(c2)OCO3)c(Br)cc1OCc1ccc(Cl)c(Cl)c1. The van der Waals surface area contributed by atoms with E-state index in [1.54, 1.807) is 12.1 Å². The zero-order chi connectivity index (χ0) is 21.8. The van der Waals surface area contributed by atoms with E-state index < -0.39 is 0 Å². The van der Waals surface area contributed by atoms with Gasteiger partial charge in [0.15, 0.2) is 23.0 Å². The molecule has 3 aromatic carbocycles. The van der Waals surface area contributed by atoms with Gasteiger partial charge in [-0.1, -0.05) is 45.2 Å². The first-order chi connectivity index (χ1) is 15.0. The molecular weight excluding hydrogens is 505 g/mol. The van der Waals surface area contributed by atoms with Crippen molar-refractivity contribution in [2.75, 3.05) is 18.7 Å². The standard InChI is InChI=1S/C23H20BrCl2NO4/c1-2-28-21-8-15(11-27-16-4-6-20-22(9-16)31-13-30-20)17(24)10-23(21)29-12-14-3-5-18(25)19(26)7-14/h3-10,27H,2,11-13H2,1H3. The van der Waals surface area contributed by atoms with Crippen LogP contribution in [-0.4, -0.2) is 13.4 Å². The molecule has 5 nitrogen and oxygen atoms in total. The Morgan fingerprint density at radius 2 is 1.74 bits per heavy atom. The second-order valence-corrected chi connectivity index (χ2v) is 8.45. The van der Waals surface area contributed by atoms with Crippen LogP contribution in [-0.2, 0) is 13.2 Å². The molecule has 1 N–H and O–H groups in total. The minimum absolute atomic E-state index is 0.256. The highest BCUT2D eigenvalue weighted by Gasteiger charge is 2.15. The van der Waals surface area contributed by atoms with Crippen LogP contribution in [0.25, 0.3) is 0 Å². The van der Waals surface area contributed by atoms with Gasteiger partial charge in [0.2, 0.25) is 6.79 Å². The lowest BCUT2D eigenvalue weighted by Gasteiger charge is -2.16. The van der Waals surface area contributed by atoms with Gasteiger partial charge in [-0.3, -0.25) is 0 Å². The van der Waals surface area contributed by atoms with Crippen molar-refractivity contribution in [3.63, 3.8) is 0 Å². The molecule has 0 saturated heterocycles. The van der Waals surface area contributed by atoms with E-state index in [1.165, 1.54) is 0 Å². The van der Waals surface area contributed by atoms with Crippen LogP contribution in [0.5, 0.6) is 23.0 Å². The first kappa shape index (κ1) is 21.9. The molecule has 0 saturated carbocycles. The lowest BCUT2D eigenvalue weighted by Crippen LogP contribution is -2.04. The van der Waals surface area contributed by atoms with Crippen molar-refractivity contribution in [2.24, 2.45) is 0 Å². The van der Waals surface area contributed by atoms with Gasteiger partial charge in [0.1, 0.15) is 6.61 Å². The summed E-state index contributed by atoms with van der Waals surface area (Å²) in [6.45, 7) is 3.66. The first-order valence-corrected chi connectivity index (χ1v) is 11.2. The van der Waals surface area contributed by atoms with E-state index in [1.807, 2.05) is 43.3 Å². The van der Waals surface area contributed by atoms with Crippen LogP contribution >= 0.6 is 39.1 Å². The summed E-state index contributed by atoms with van der Waals surface area (Å²) in [5, 5.41) is 4.42. The Morgan fingerprint density at radius 1 is 0.935 bits per heavy atom. The lowest BCUT2D eigenvalue weighted by molar-refractivity contribution is 0.174. The maximum Gasteiger partial charge on any atom is 0.231 e. The summed E-state index contributed by atoms with van der Waals surface area (Å²) in [5.41, 5.74) is 2.89. The molecule has 4 rings (SSSR count). The molecule has 0 fully saturated rings. The molecule has 3 aromatic rings. The topological polar surface area (TPSA) is 49.0 Å². The van der Waals surface area contributed by atoms with Gasteiger partial charge < -0.3 is 24.3 Å². The normalized spacial score (nSPS) is 12.0. The number of fused-ring (bicyclic) bond motifs is 1. The van der Waals surface area contributed by atoms with E-state index in [9.17, 15) is 0 Å². The summed E-state index contributed by atoms with van der Waals surface area (Å²) in [5.74, 6) is 2.82. The fourth-order valence-corrected chi connectivity index (χ4v) is 3.87. The van der Waals surface area contributed by atoms with Gasteiger partial charge >= 0.3 is 0 Å². The number of rotatable bonds is 8. The fraction of sp³-hybridized carbons (Fsp3) is 0.217. The molecule has 0 atom stereocenters. The Morgan fingerprint density at radius 3 is 2.55 bits per heavy atom. The van der Waals surface area contributed by atoms with Crippen molar-refractivity contribution >= 4 is 44.8 Å². The monoisotopic (exact) mass is 523 g/mol. The largest absolute Gasteiger partial charge is 0.490 e. The minimum atomic E-state index is 0.256. The van der Waals surface area contributed by atoms with Crippen LogP contribution in [0.3, 0.4) is 0 Å². The number of hydrogen-bond acceptors (Lipinski definition) is 5. The molecule has 31 heavy (non-hydrogen) atoms. The fourth-order valence-electron chi connectivity index (χ4n) is 3.09. The van der Waals surface area contributed by atoms with E-state index in [2.05, 4.69) is 21.2 Å². The molecule has 0 aromatic heterocycles. The summed E-state index contributed by atoms with van der Waals surface area (Å²) in [6.07, 6.45) is 0. The van der Waals surface area contributed by atoms with Gasteiger partial charge in [-0.05, 0) is 54.4 Å². The Labute approximate surface area is 199 Å². The van der Waals surface area contributed by atoms with Gasteiger partial charge in [0, 0.05) is 22.8 Å². The average molecular weight is 525 g/mol. The van der Waals surface area contributed by atoms with E-state index in [0.717, 1.165) is 32.8 Å². The van der Waals surface area contributed by atoms with Crippen LogP contribution in [0, 0.1) is 0 Å². The molecule has 0 bridgehead atoms. The molecule has 8 heteroatoms. The predicted molar refractivity (Wildman–Crippen MR) is 126 cm³/mol. The maximum atomic E-state index is 6.10. The van der Waals surface area contributed by atoms with Crippen molar-refractivity contribution in [1.29, 1.82) is 0 Å². The van der Waals surface area contributed by atoms with Gasteiger partial charge in [0.05, 0.1) is 16.7 Å². The molecule has 162 valence electrons. The van der Waals surface area contributed by atoms with E-state index in [0.29, 0.717) is 41.3 Å². The second kappa shape index (κ2) is 9.90. The molecule has 0 aliphatic carbocycles. The molecule has 0 unspecified atom stereocenters. The van der Waals surface area contributed by atoms with Gasteiger partial charge in [-0.2, -0.15) is 0 Å². The number of ether oxygens (including phenoxy) is 4. The van der Waals surface area contributed by atoms with Crippen LogP contribution in [0.2, 0.25) is 10.0 Å². The third-order valence-electron chi connectivity index (χ3n) is 4.65. The zero-order valence-electron chi connectivity index (χ0n) is 16.7. The quantitative estimate of drug-likeness (QED) is 0.341. The summed E-state index contributed by atoms with van der Waals surface area (Å²) >= 11 is 15.7. The van der Waals surface area contributed by atoms with Crippen molar-refractivity contribution in [3.8, 4) is 23.0 Å². The summed E-state index contributed by atoms with van der Waals surface area (Å²) in [7, 11) is 0. The van der Waals surface area contributed by atoms with Crippen molar-refractivity contribution in [2.45, 2.75) is 20.1 Å². The van der Waals surface area contributed by atoms with E-state index in [-0.39, 0.29) is 6.79 Å². The average Bonchev–Trinajstić information content (AvgIpc) is 3.23. The zero-order valence-corrected chi connectivity index (χ0v) is 19.8. The highest BCUT2D eigenvalue weighted by Crippen LogP contribution is 2.37. The molecule has 0 amide bonds. The van der Waals surface area contributed by atoms with Crippen molar-refractivity contribution in [3.05, 3.63) is 74.2 Å². The summed E-state index contributed by atoms with van der Waals surface area (Å²) in [4.78, 5) is 0. The number of benzene rings is 3.